The summed E-state index contributed by atoms with van der Waals surface area (Å²) in [7, 11) is 0. The Balaban J connectivity index is 2.75. The maximum atomic E-state index is 10.5. The minimum absolute atomic E-state index is 0.0133. The van der Waals surface area contributed by atoms with Crippen LogP contribution in [0, 0.1) is 0 Å². The lowest BCUT2D eigenvalue weighted by Crippen LogP contribution is -2.01. The average Bonchev–Trinajstić information content (AvgIpc) is 2.15. The molecule has 86 valence electrons. The molecule has 0 aliphatic heterocycles. The van der Waals surface area contributed by atoms with Crippen molar-refractivity contribution in [2.24, 2.45) is 0 Å². The highest BCUT2D eigenvalue weighted by atomic mass is 79.9. The highest BCUT2D eigenvalue weighted by Gasteiger charge is 2.05. The predicted molar refractivity (Wildman–Crippen MR) is 65.8 cm³/mol. The van der Waals surface area contributed by atoms with Gasteiger partial charge in [0.25, 0.3) is 0 Å². The summed E-state index contributed by atoms with van der Waals surface area (Å²) in [6.45, 7) is 6.08. The molecule has 1 aromatic rings. The minimum atomic E-state index is -0.845. The van der Waals surface area contributed by atoms with Crippen molar-refractivity contribution >= 4 is 21.9 Å². The molecule has 0 aromatic heterocycles. The van der Waals surface area contributed by atoms with Gasteiger partial charge in [-0.25, -0.2) is 0 Å². The van der Waals surface area contributed by atoms with Gasteiger partial charge in [-0.2, -0.15) is 0 Å². The molecule has 0 amide bonds. The molecule has 0 spiro atoms. The first-order chi connectivity index (χ1) is 7.49. The molecule has 0 saturated heterocycles. The molecule has 0 atom stereocenters. The minimum Gasteiger partial charge on any atom is -0.488 e. The zero-order chi connectivity index (χ0) is 12.1. The van der Waals surface area contributed by atoms with E-state index >= 15 is 0 Å². The number of hydrogen-bond donors (Lipinski definition) is 1. The number of carboxylic acids is 1. The fourth-order valence-electron chi connectivity index (χ4n) is 1.15. The lowest BCUT2D eigenvalue weighted by molar-refractivity contribution is -0.136. The molecular formula is C12H13BrO3. The average molecular weight is 285 g/mol. The Morgan fingerprint density at radius 3 is 2.75 bits per heavy atom. The number of benzene rings is 1. The van der Waals surface area contributed by atoms with E-state index in [1.54, 1.807) is 18.2 Å². The molecule has 0 saturated carbocycles. The molecule has 4 heteroatoms. The molecule has 1 rings (SSSR count). The van der Waals surface area contributed by atoms with Crippen LogP contribution in [0.25, 0.3) is 0 Å². The Morgan fingerprint density at radius 2 is 2.25 bits per heavy atom. The fourth-order valence-corrected chi connectivity index (χ4v) is 1.69. The molecule has 0 aliphatic rings. The molecule has 16 heavy (non-hydrogen) atoms. The molecule has 3 nitrogen and oxygen atoms in total. The van der Waals surface area contributed by atoms with Crippen molar-refractivity contribution in [1.82, 2.24) is 0 Å². The monoisotopic (exact) mass is 284 g/mol. The summed E-state index contributed by atoms with van der Waals surface area (Å²) < 4.78 is 6.22. The van der Waals surface area contributed by atoms with Gasteiger partial charge in [0, 0.05) is 0 Å². The first kappa shape index (κ1) is 12.8. The summed E-state index contributed by atoms with van der Waals surface area (Å²) >= 11 is 3.34. The van der Waals surface area contributed by atoms with Crippen molar-refractivity contribution in [3.05, 3.63) is 40.4 Å². The van der Waals surface area contributed by atoms with E-state index in [0.717, 1.165) is 15.6 Å². The van der Waals surface area contributed by atoms with Gasteiger partial charge in [-0.05, 0) is 46.1 Å². The number of carbonyl (C=O) groups is 1. The number of rotatable bonds is 5. The number of carboxylic acid groups (broad SMARTS) is 1. The second-order valence-electron chi connectivity index (χ2n) is 3.58. The molecule has 1 aromatic carbocycles. The van der Waals surface area contributed by atoms with Gasteiger partial charge in [-0.1, -0.05) is 12.6 Å². The van der Waals surface area contributed by atoms with E-state index in [9.17, 15) is 4.79 Å². The van der Waals surface area contributed by atoms with Crippen LogP contribution in [0.2, 0.25) is 0 Å². The number of hydrogen-bond acceptors (Lipinski definition) is 2. The summed E-state index contributed by atoms with van der Waals surface area (Å²) in [5.41, 5.74) is 1.67. The van der Waals surface area contributed by atoms with Crippen molar-refractivity contribution in [2.75, 3.05) is 6.61 Å². The van der Waals surface area contributed by atoms with Crippen LogP contribution in [0.4, 0.5) is 0 Å². The van der Waals surface area contributed by atoms with Crippen molar-refractivity contribution in [3.63, 3.8) is 0 Å². The van der Waals surface area contributed by atoms with Crippen molar-refractivity contribution in [1.29, 1.82) is 0 Å². The van der Waals surface area contributed by atoms with Crippen LogP contribution in [-0.4, -0.2) is 17.7 Å². The Kier molecular flexibility index (Phi) is 4.55. The highest BCUT2D eigenvalue weighted by molar-refractivity contribution is 9.10. The quantitative estimate of drug-likeness (QED) is 0.846. The van der Waals surface area contributed by atoms with Crippen LogP contribution in [0.3, 0.4) is 0 Å². The summed E-state index contributed by atoms with van der Waals surface area (Å²) in [6.07, 6.45) is 0.0133. The molecule has 1 N–H and O–H groups in total. The van der Waals surface area contributed by atoms with Gasteiger partial charge in [0.05, 0.1) is 10.9 Å². The van der Waals surface area contributed by atoms with Crippen LogP contribution in [0.1, 0.15) is 12.5 Å². The van der Waals surface area contributed by atoms with E-state index in [2.05, 4.69) is 22.5 Å². The second kappa shape index (κ2) is 5.70. The molecule has 0 heterocycles. The lowest BCUT2D eigenvalue weighted by atomic mass is 10.1. The Bertz CT molecular complexity index is 413. The summed E-state index contributed by atoms with van der Waals surface area (Å²) in [5, 5.41) is 8.65. The summed E-state index contributed by atoms with van der Waals surface area (Å²) in [6, 6.07) is 5.25. The van der Waals surface area contributed by atoms with Crippen molar-refractivity contribution < 1.29 is 14.6 Å². The standard InChI is InChI=1S/C12H13BrO3/c1-8(2)7-16-11-4-3-9(5-10(11)13)6-12(14)15/h3-5H,1,6-7H2,2H3,(H,14,15). The predicted octanol–water partition coefficient (Wildman–Crippen LogP) is 3.03. The van der Waals surface area contributed by atoms with Crippen LogP contribution >= 0.6 is 15.9 Å². The van der Waals surface area contributed by atoms with E-state index in [4.69, 9.17) is 9.84 Å². The molecule has 0 fully saturated rings. The van der Waals surface area contributed by atoms with Gasteiger partial charge >= 0.3 is 5.97 Å². The topological polar surface area (TPSA) is 46.5 Å². The third kappa shape index (κ3) is 4.06. The number of ether oxygens (including phenoxy) is 1. The molecule has 0 radical (unpaired) electrons. The molecule has 0 unspecified atom stereocenters. The Hall–Kier alpha value is -1.29. The van der Waals surface area contributed by atoms with E-state index in [1.807, 2.05) is 6.92 Å². The molecular weight excluding hydrogens is 272 g/mol. The van der Waals surface area contributed by atoms with E-state index in [-0.39, 0.29) is 6.42 Å². The Morgan fingerprint density at radius 1 is 1.56 bits per heavy atom. The first-order valence-electron chi connectivity index (χ1n) is 4.76. The van der Waals surface area contributed by atoms with Crippen LogP contribution in [0.15, 0.2) is 34.8 Å². The largest absolute Gasteiger partial charge is 0.488 e. The van der Waals surface area contributed by atoms with Crippen LogP contribution < -0.4 is 4.74 Å². The van der Waals surface area contributed by atoms with Gasteiger partial charge < -0.3 is 9.84 Å². The first-order valence-corrected chi connectivity index (χ1v) is 5.55. The van der Waals surface area contributed by atoms with Gasteiger partial charge in [0.15, 0.2) is 0 Å². The second-order valence-corrected chi connectivity index (χ2v) is 4.44. The van der Waals surface area contributed by atoms with Crippen LogP contribution in [-0.2, 0) is 11.2 Å². The van der Waals surface area contributed by atoms with Crippen LogP contribution in [0.5, 0.6) is 5.75 Å². The molecule has 0 bridgehead atoms. The third-order valence-electron chi connectivity index (χ3n) is 1.83. The van der Waals surface area contributed by atoms with Crippen molar-refractivity contribution in [3.8, 4) is 5.75 Å². The third-order valence-corrected chi connectivity index (χ3v) is 2.45. The van der Waals surface area contributed by atoms with E-state index in [0.29, 0.717) is 12.4 Å². The zero-order valence-electron chi connectivity index (χ0n) is 9.00. The van der Waals surface area contributed by atoms with Gasteiger partial charge in [0.2, 0.25) is 0 Å². The highest BCUT2D eigenvalue weighted by Crippen LogP contribution is 2.26. The van der Waals surface area contributed by atoms with Gasteiger partial charge in [-0.15, -0.1) is 0 Å². The number of halogens is 1. The number of aliphatic carboxylic acids is 1. The Labute approximate surface area is 103 Å². The van der Waals surface area contributed by atoms with Gasteiger partial charge in [-0.3, -0.25) is 4.79 Å². The fraction of sp³-hybridized carbons (Fsp3) is 0.250. The summed E-state index contributed by atoms with van der Waals surface area (Å²) in [4.78, 5) is 10.5. The lowest BCUT2D eigenvalue weighted by Gasteiger charge is -2.08. The molecule has 0 aliphatic carbocycles. The van der Waals surface area contributed by atoms with Crippen molar-refractivity contribution in [2.45, 2.75) is 13.3 Å². The summed E-state index contributed by atoms with van der Waals surface area (Å²) in [5.74, 6) is -0.153. The maximum absolute atomic E-state index is 10.5. The van der Waals surface area contributed by atoms with Gasteiger partial charge in [0.1, 0.15) is 12.4 Å². The maximum Gasteiger partial charge on any atom is 0.307 e. The normalized spacial score (nSPS) is 9.88. The smallest absolute Gasteiger partial charge is 0.307 e. The van der Waals surface area contributed by atoms with E-state index < -0.39 is 5.97 Å². The zero-order valence-corrected chi connectivity index (χ0v) is 10.6. The SMILES string of the molecule is C=C(C)COc1ccc(CC(=O)O)cc1Br. The van der Waals surface area contributed by atoms with E-state index in [1.165, 1.54) is 0 Å².